The minimum atomic E-state index is -2.61. The largest absolute Gasteiger partial charge is 0.289 e. The molecule has 5 rings (SSSR count). The van der Waals surface area contributed by atoms with Crippen LogP contribution in [0.25, 0.3) is 10.9 Å². The number of benzene rings is 1. The maximum Gasteiger partial charge on any atom is 0.261 e. The molecule has 1 aromatic carbocycles. The van der Waals surface area contributed by atoms with E-state index in [1.54, 1.807) is 18.2 Å². The molecule has 0 amide bonds. The lowest BCUT2D eigenvalue weighted by molar-refractivity contribution is 0.120. The molecule has 164 valence electrons. The van der Waals surface area contributed by atoms with Gasteiger partial charge < -0.3 is 0 Å². The number of rotatable bonds is 5. The lowest BCUT2D eigenvalue weighted by Gasteiger charge is -2.27. The Morgan fingerprint density at radius 2 is 1.97 bits per heavy atom. The Hall–Kier alpha value is -2.61. The van der Waals surface area contributed by atoms with Crippen LogP contribution in [0.2, 0.25) is 0 Å². The van der Waals surface area contributed by atoms with E-state index in [0.29, 0.717) is 23.3 Å². The zero-order chi connectivity index (χ0) is 21.5. The van der Waals surface area contributed by atoms with Crippen molar-refractivity contribution in [1.29, 1.82) is 0 Å². The van der Waals surface area contributed by atoms with E-state index in [1.807, 2.05) is 17.8 Å². The van der Waals surface area contributed by atoms with Gasteiger partial charge in [0.1, 0.15) is 5.82 Å². The van der Waals surface area contributed by atoms with Crippen LogP contribution in [-0.4, -0.2) is 37.2 Å². The molecule has 3 heterocycles. The first-order chi connectivity index (χ1) is 15.0. The van der Waals surface area contributed by atoms with Crippen molar-refractivity contribution in [2.24, 2.45) is 7.05 Å². The van der Waals surface area contributed by atoms with Crippen LogP contribution < -0.4 is 5.56 Å². The van der Waals surface area contributed by atoms with Crippen molar-refractivity contribution in [2.75, 3.05) is 6.54 Å². The molecule has 1 aliphatic heterocycles. The van der Waals surface area contributed by atoms with Gasteiger partial charge in [-0.25, -0.2) is 13.8 Å². The second-order valence-electron chi connectivity index (χ2n) is 8.63. The fourth-order valence-electron chi connectivity index (χ4n) is 5.20. The molecule has 1 fully saturated rings. The zero-order valence-corrected chi connectivity index (χ0v) is 17.7. The van der Waals surface area contributed by atoms with Crippen LogP contribution in [0.3, 0.4) is 0 Å². The average Bonchev–Trinajstić information content (AvgIpc) is 3.34. The number of alkyl halides is 2. The Bertz CT molecular complexity index is 1170. The minimum Gasteiger partial charge on any atom is -0.289 e. The lowest BCUT2D eigenvalue weighted by Crippen LogP contribution is -2.34. The van der Waals surface area contributed by atoms with Gasteiger partial charge in [0, 0.05) is 13.6 Å². The van der Waals surface area contributed by atoms with Crippen molar-refractivity contribution in [3.63, 3.8) is 0 Å². The molecule has 0 radical (unpaired) electrons. The summed E-state index contributed by atoms with van der Waals surface area (Å²) in [5.41, 5.74) is 3.92. The molecule has 31 heavy (non-hydrogen) atoms. The van der Waals surface area contributed by atoms with Crippen LogP contribution in [0.4, 0.5) is 8.78 Å². The zero-order valence-electron chi connectivity index (χ0n) is 17.7. The van der Waals surface area contributed by atoms with Crippen LogP contribution in [0.1, 0.15) is 54.5 Å². The van der Waals surface area contributed by atoms with Crippen LogP contribution in [-0.2, 0) is 33.0 Å². The molecule has 1 saturated heterocycles. The maximum absolute atomic E-state index is 13.4. The molecule has 2 aromatic heterocycles. The predicted molar refractivity (Wildman–Crippen MR) is 114 cm³/mol. The van der Waals surface area contributed by atoms with Crippen molar-refractivity contribution in [3.8, 4) is 0 Å². The topological polar surface area (TPSA) is 56.0 Å². The highest BCUT2D eigenvalue weighted by Gasteiger charge is 2.33. The highest BCUT2D eigenvalue weighted by atomic mass is 19.3. The van der Waals surface area contributed by atoms with Crippen molar-refractivity contribution >= 4 is 10.9 Å². The van der Waals surface area contributed by atoms with Gasteiger partial charge in [0.2, 0.25) is 0 Å². The summed E-state index contributed by atoms with van der Waals surface area (Å²) >= 11 is 0. The van der Waals surface area contributed by atoms with E-state index >= 15 is 0 Å². The Kier molecular flexibility index (Phi) is 5.33. The van der Waals surface area contributed by atoms with Gasteiger partial charge in [-0.1, -0.05) is 12.1 Å². The molecule has 8 heteroatoms. The molecule has 0 bridgehead atoms. The molecular weight excluding hydrogens is 400 g/mol. The highest BCUT2D eigenvalue weighted by Crippen LogP contribution is 2.34. The molecule has 0 spiro atoms. The summed E-state index contributed by atoms with van der Waals surface area (Å²) in [7, 11) is 1.99. The number of hydrogen-bond donors (Lipinski definition) is 0. The number of halogens is 2. The second kappa shape index (κ2) is 8.15. The lowest BCUT2D eigenvalue weighted by atomic mass is 9.95. The van der Waals surface area contributed by atoms with Gasteiger partial charge in [-0.05, 0) is 62.8 Å². The molecule has 0 N–H and O–H groups in total. The van der Waals surface area contributed by atoms with E-state index in [1.165, 1.54) is 34.4 Å². The molecule has 2 aliphatic rings. The maximum atomic E-state index is 13.4. The third-order valence-electron chi connectivity index (χ3n) is 6.67. The second-order valence-corrected chi connectivity index (χ2v) is 8.63. The Labute approximate surface area is 179 Å². The number of para-hydroxylation sites is 1. The molecule has 1 aliphatic carbocycles. The first kappa shape index (κ1) is 20.3. The van der Waals surface area contributed by atoms with Gasteiger partial charge in [-0.2, -0.15) is 5.10 Å². The molecule has 3 aromatic rings. The van der Waals surface area contributed by atoms with Crippen molar-refractivity contribution in [3.05, 3.63) is 57.4 Å². The molecule has 6 nitrogen and oxygen atoms in total. The van der Waals surface area contributed by atoms with Gasteiger partial charge in [0.05, 0.1) is 34.9 Å². The summed E-state index contributed by atoms with van der Waals surface area (Å²) in [6.07, 6.45) is 3.55. The summed E-state index contributed by atoms with van der Waals surface area (Å²) in [5, 5.41) is 5.11. The van der Waals surface area contributed by atoms with Crippen molar-refractivity contribution in [1.82, 2.24) is 24.2 Å². The summed E-state index contributed by atoms with van der Waals surface area (Å²) in [4.78, 5) is 20.1. The van der Waals surface area contributed by atoms with Crippen LogP contribution in [0.15, 0.2) is 29.1 Å². The summed E-state index contributed by atoms with van der Waals surface area (Å²) in [5.74, 6) is 0.456. The number of nitrogens with zero attached hydrogens (tertiary/aromatic N) is 5. The van der Waals surface area contributed by atoms with Gasteiger partial charge in [-0.15, -0.1) is 0 Å². The molecule has 0 saturated carbocycles. The standard InChI is InChI=1S/C23H27F2N5O/c1-28-20(15-7-2-5-10-18(15)27-28)13-29-12-6-11-19(29)22-26-17-9-4-3-8-16(17)23(31)30(22)14-21(24)25/h3-4,8-9,19,21H,2,5-7,10-14H2,1H3. The molecule has 1 atom stereocenters. The first-order valence-corrected chi connectivity index (χ1v) is 11.1. The van der Waals surface area contributed by atoms with E-state index in [0.717, 1.165) is 32.2 Å². The van der Waals surface area contributed by atoms with E-state index in [4.69, 9.17) is 10.1 Å². The normalized spacial score (nSPS) is 19.4. The van der Waals surface area contributed by atoms with E-state index in [-0.39, 0.29) is 11.6 Å². The number of fused-ring (bicyclic) bond motifs is 2. The fourth-order valence-corrected chi connectivity index (χ4v) is 5.20. The van der Waals surface area contributed by atoms with Crippen molar-refractivity contribution < 1.29 is 8.78 Å². The number of aryl methyl sites for hydroxylation is 2. The smallest absolute Gasteiger partial charge is 0.261 e. The van der Waals surface area contributed by atoms with Crippen LogP contribution >= 0.6 is 0 Å². The Morgan fingerprint density at radius 3 is 2.81 bits per heavy atom. The molecule has 1 unspecified atom stereocenters. The van der Waals surface area contributed by atoms with Gasteiger partial charge in [0.25, 0.3) is 12.0 Å². The monoisotopic (exact) mass is 427 g/mol. The SMILES string of the molecule is Cn1nc2c(c1CN1CCCC1c1nc3ccccc3c(=O)n1CC(F)F)CCCC2. The van der Waals surface area contributed by atoms with Gasteiger partial charge in [0.15, 0.2) is 0 Å². The van der Waals surface area contributed by atoms with Crippen molar-refractivity contribution in [2.45, 2.75) is 64.1 Å². The van der Waals surface area contributed by atoms with E-state index < -0.39 is 13.0 Å². The van der Waals surface area contributed by atoms with Gasteiger partial charge in [-0.3, -0.25) is 18.9 Å². The number of likely N-dealkylation sites (tertiary alicyclic amines) is 1. The van der Waals surface area contributed by atoms with Gasteiger partial charge >= 0.3 is 0 Å². The third kappa shape index (κ3) is 3.67. The minimum absolute atomic E-state index is 0.162. The average molecular weight is 427 g/mol. The highest BCUT2D eigenvalue weighted by molar-refractivity contribution is 5.77. The summed E-state index contributed by atoms with van der Waals surface area (Å²) < 4.78 is 30.0. The molecular formula is C23H27F2N5O. The Balaban J connectivity index is 1.55. The predicted octanol–water partition coefficient (Wildman–Crippen LogP) is 3.61. The quantitative estimate of drug-likeness (QED) is 0.624. The van der Waals surface area contributed by atoms with E-state index in [9.17, 15) is 13.6 Å². The van der Waals surface area contributed by atoms with Crippen LogP contribution in [0, 0.1) is 0 Å². The fraction of sp³-hybridized carbons (Fsp3) is 0.522. The van der Waals surface area contributed by atoms with Crippen LogP contribution in [0.5, 0.6) is 0 Å². The summed E-state index contributed by atoms with van der Waals surface area (Å²) in [6, 6.07) is 6.84. The van der Waals surface area contributed by atoms with E-state index in [2.05, 4.69) is 4.90 Å². The summed E-state index contributed by atoms with van der Waals surface area (Å²) in [6.45, 7) is 0.917. The Morgan fingerprint density at radius 1 is 1.16 bits per heavy atom. The first-order valence-electron chi connectivity index (χ1n) is 11.1. The third-order valence-corrected chi connectivity index (χ3v) is 6.67. The number of hydrogen-bond acceptors (Lipinski definition) is 4. The number of aromatic nitrogens is 4.